The van der Waals surface area contributed by atoms with E-state index in [1.165, 1.54) is 0 Å². The molecule has 2 unspecified atom stereocenters. The molecule has 0 aliphatic rings. The summed E-state index contributed by atoms with van der Waals surface area (Å²) in [6, 6.07) is 21.3. The molecule has 214 valence electrons. The number of nitrogens with one attached hydrogen (secondary N) is 2. The van der Waals surface area contributed by atoms with Gasteiger partial charge in [0.05, 0.1) is 0 Å². The maximum Gasteiger partial charge on any atom is 0.408 e. The van der Waals surface area contributed by atoms with Gasteiger partial charge in [-0.05, 0) is 62.6 Å². The monoisotopic (exact) mass is 545 g/mol. The largest absolute Gasteiger partial charge is 0.444 e. The molecule has 7 nitrogen and oxygen atoms in total. The van der Waals surface area contributed by atoms with Crippen molar-refractivity contribution in [1.29, 1.82) is 0 Å². The van der Waals surface area contributed by atoms with E-state index >= 15 is 0 Å². The van der Waals surface area contributed by atoms with Crippen molar-refractivity contribution in [3.8, 4) is 0 Å². The van der Waals surface area contributed by atoms with Crippen LogP contribution in [0.5, 0.6) is 0 Å². The number of amides is 3. The lowest BCUT2D eigenvalue weighted by Gasteiger charge is -2.33. The molecule has 3 aromatic carbocycles. The molecule has 3 amide bonds. The first-order valence-corrected chi connectivity index (χ1v) is 14.2. The second-order valence-corrected chi connectivity index (χ2v) is 11.2. The van der Waals surface area contributed by atoms with Crippen LogP contribution in [0.25, 0.3) is 10.8 Å². The van der Waals surface area contributed by atoms with E-state index in [1.54, 1.807) is 32.6 Å². The first kappa shape index (κ1) is 30.7. The van der Waals surface area contributed by atoms with Gasteiger partial charge in [0.1, 0.15) is 17.7 Å². The summed E-state index contributed by atoms with van der Waals surface area (Å²) in [6.45, 7) is 9.47. The second kappa shape index (κ2) is 14.5. The Bertz CT molecular complexity index is 1270. The Morgan fingerprint density at radius 1 is 0.850 bits per heavy atom. The van der Waals surface area contributed by atoms with Crippen molar-refractivity contribution in [2.24, 2.45) is 0 Å². The van der Waals surface area contributed by atoms with Crippen LogP contribution >= 0.6 is 0 Å². The summed E-state index contributed by atoms with van der Waals surface area (Å²) in [4.78, 5) is 41.9. The third-order valence-corrected chi connectivity index (χ3v) is 6.58. The summed E-state index contributed by atoms with van der Waals surface area (Å²) in [5.74, 6) is -0.656. The van der Waals surface area contributed by atoms with Crippen LogP contribution in [0.4, 0.5) is 10.5 Å². The molecule has 0 heterocycles. The van der Waals surface area contributed by atoms with Crippen LogP contribution in [0.3, 0.4) is 0 Å². The van der Waals surface area contributed by atoms with Gasteiger partial charge in [-0.25, -0.2) is 4.79 Å². The van der Waals surface area contributed by atoms with Gasteiger partial charge < -0.3 is 20.3 Å². The maximum atomic E-state index is 13.9. The van der Waals surface area contributed by atoms with Crippen LogP contribution in [0.15, 0.2) is 72.8 Å². The number of alkyl carbamates (subject to hydrolysis) is 1. The van der Waals surface area contributed by atoms with Gasteiger partial charge in [0.15, 0.2) is 0 Å². The fraction of sp³-hybridized carbons (Fsp3) is 0.424. The number of hydrogen-bond donors (Lipinski definition) is 2. The minimum Gasteiger partial charge on any atom is -0.444 e. The maximum absolute atomic E-state index is 13.9. The molecule has 0 aliphatic carbocycles. The van der Waals surface area contributed by atoms with Gasteiger partial charge in [-0.1, -0.05) is 93.3 Å². The molecule has 0 bridgehead atoms. The number of carbonyl (C=O) groups is 3. The van der Waals surface area contributed by atoms with Gasteiger partial charge in [-0.15, -0.1) is 0 Å². The number of benzene rings is 3. The third kappa shape index (κ3) is 9.11. The van der Waals surface area contributed by atoms with E-state index in [-0.39, 0.29) is 11.8 Å². The molecule has 40 heavy (non-hydrogen) atoms. The predicted molar refractivity (Wildman–Crippen MR) is 161 cm³/mol. The highest BCUT2D eigenvalue weighted by Crippen LogP contribution is 2.26. The van der Waals surface area contributed by atoms with Gasteiger partial charge in [0, 0.05) is 12.2 Å². The van der Waals surface area contributed by atoms with E-state index in [9.17, 15) is 14.4 Å². The minimum absolute atomic E-state index is 0.312. The average Bonchev–Trinajstić information content (AvgIpc) is 2.91. The van der Waals surface area contributed by atoms with Gasteiger partial charge in [-0.2, -0.15) is 0 Å². The Morgan fingerprint density at radius 3 is 2.17 bits per heavy atom. The smallest absolute Gasteiger partial charge is 0.408 e. The van der Waals surface area contributed by atoms with Crippen LogP contribution in [0, 0.1) is 0 Å². The first-order valence-electron chi connectivity index (χ1n) is 14.2. The molecule has 3 rings (SSSR count). The molecule has 0 radical (unpaired) electrons. The number of rotatable bonds is 12. The topological polar surface area (TPSA) is 87.7 Å². The fourth-order valence-electron chi connectivity index (χ4n) is 4.63. The molecule has 0 spiro atoms. The zero-order valence-corrected chi connectivity index (χ0v) is 24.4. The summed E-state index contributed by atoms with van der Waals surface area (Å²) in [5, 5.41) is 7.79. The Balaban J connectivity index is 1.90. The highest BCUT2D eigenvalue weighted by molar-refractivity contribution is 6.00. The number of ether oxygens (including phenoxy) is 1. The van der Waals surface area contributed by atoms with Crippen molar-refractivity contribution in [2.45, 2.75) is 84.4 Å². The molecular formula is C33H43N3O4. The predicted octanol–water partition coefficient (Wildman–Crippen LogP) is 7.23. The van der Waals surface area contributed by atoms with Gasteiger partial charge in [-0.3, -0.25) is 9.59 Å². The molecular weight excluding hydrogens is 502 g/mol. The van der Waals surface area contributed by atoms with Crippen LogP contribution in [0.2, 0.25) is 0 Å². The van der Waals surface area contributed by atoms with Crippen molar-refractivity contribution in [3.05, 3.63) is 78.4 Å². The third-order valence-electron chi connectivity index (χ3n) is 6.58. The number of nitrogens with zero attached hydrogens (tertiary/aromatic N) is 1. The summed E-state index contributed by atoms with van der Waals surface area (Å²) >= 11 is 0. The molecule has 0 aromatic heterocycles. The molecule has 2 N–H and O–H groups in total. The van der Waals surface area contributed by atoms with Gasteiger partial charge >= 0.3 is 6.09 Å². The van der Waals surface area contributed by atoms with Crippen molar-refractivity contribution in [3.63, 3.8) is 0 Å². The van der Waals surface area contributed by atoms with Crippen LogP contribution in [0.1, 0.15) is 78.3 Å². The molecule has 2 atom stereocenters. The Hall–Kier alpha value is -3.87. The van der Waals surface area contributed by atoms with Gasteiger partial charge in [0.25, 0.3) is 5.91 Å². The lowest BCUT2D eigenvalue weighted by Crippen LogP contribution is -2.51. The van der Waals surface area contributed by atoms with E-state index in [1.807, 2.05) is 72.8 Å². The van der Waals surface area contributed by atoms with Crippen LogP contribution in [-0.4, -0.2) is 41.0 Å². The number of carbonyl (C=O) groups excluding carboxylic acids is 3. The van der Waals surface area contributed by atoms with Crippen molar-refractivity contribution < 1.29 is 19.1 Å². The molecule has 3 aromatic rings. The SMILES string of the molecule is CCCCCCCN(C(=O)C(C)NC(=O)OC(C)(C)C)C(C(=O)Nc1ccc2ccccc2c1)c1ccccc1. The van der Waals surface area contributed by atoms with E-state index in [0.29, 0.717) is 17.8 Å². The van der Waals surface area contributed by atoms with Crippen molar-refractivity contribution in [2.75, 3.05) is 11.9 Å². The quantitative estimate of drug-likeness (QED) is 0.235. The number of fused-ring (bicyclic) bond motifs is 1. The summed E-state index contributed by atoms with van der Waals surface area (Å²) in [6.07, 6.45) is 4.31. The molecule has 0 aliphatic heterocycles. The zero-order chi connectivity index (χ0) is 29.1. The van der Waals surface area contributed by atoms with Gasteiger partial charge in [0.2, 0.25) is 5.91 Å². The number of unbranched alkanes of at least 4 members (excludes halogenated alkanes) is 4. The summed E-state index contributed by atoms with van der Waals surface area (Å²) < 4.78 is 5.37. The van der Waals surface area contributed by atoms with Crippen molar-refractivity contribution >= 4 is 34.4 Å². The molecule has 0 saturated carbocycles. The highest BCUT2D eigenvalue weighted by atomic mass is 16.6. The zero-order valence-electron chi connectivity index (χ0n) is 24.4. The molecule has 0 saturated heterocycles. The van der Waals surface area contributed by atoms with E-state index in [2.05, 4.69) is 17.6 Å². The first-order chi connectivity index (χ1) is 19.1. The average molecular weight is 546 g/mol. The van der Waals surface area contributed by atoms with E-state index in [4.69, 9.17) is 4.74 Å². The normalized spacial score (nSPS) is 12.8. The van der Waals surface area contributed by atoms with E-state index < -0.39 is 23.8 Å². The summed E-state index contributed by atoms with van der Waals surface area (Å²) in [5.41, 5.74) is 0.657. The second-order valence-electron chi connectivity index (χ2n) is 11.2. The van der Waals surface area contributed by atoms with Crippen LogP contribution in [-0.2, 0) is 14.3 Å². The Labute approximate surface area is 238 Å². The number of anilines is 1. The summed E-state index contributed by atoms with van der Waals surface area (Å²) in [7, 11) is 0. The lowest BCUT2D eigenvalue weighted by molar-refractivity contribution is -0.140. The Morgan fingerprint density at radius 2 is 1.50 bits per heavy atom. The van der Waals surface area contributed by atoms with E-state index in [0.717, 1.165) is 42.9 Å². The van der Waals surface area contributed by atoms with Crippen molar-refractivity contribution in [1.82, 2.24) is 10.2 Å². The molecule has 0 fully saturated rings. The van der Waals surface area contributed by atoms with Crippen LogP contribution < -0.4 is 10.6 Å². The minimum atomic E-state index is -0.884. The lowest BCUT2D eigenvalue weighted by atomic mass is 10.0. The fourth-order valence-corrected chi connectivity index (χ4v) is 4.63. The number of hydrogen-bond acceptors (Lipinski definition) is 4. The highest BCUT2D eigenvalue weighted by Gasteiger charge is 2.34. The Kier molecular flexibility index (Phi) is 11.1. The molecule has 7 heteroatoms. The standard InChI is InChI=1S/C33H43N3O4/c1-6-7-8-9-15-22-36(31(38)24(2)34-32(39)40-33(3,4)5)29(26-17-11-10-12-18-26)30(37)35-28-21-20-25-16-13-14-19-27(25)23-28/h10-14,16-21,23-24,29H,6-9,15,22H2,1-5H3,(H,34,39)(H,35,37).